The first kappa shape index (κ1) is 15.7. The minimum absolute atomic E-state index is 0.267. The Bertz CT molecular complexity index is 789. The summed E-state index contributed by atoms with van der Waals surface area (Å²) in [6.07, 6.45) is 0. The molecule has 0 aliphatic rings. The number of nitrogens with one attached hydrogen (secondary N) is 1. The molecule has 0 saturated heterocycles. The van der Waals surface area contributed by atoms with E-state index in [1.807, 2.05) is 60.7 Å². The van der Waals surface area contributed by atoms with Crippen LogP contribution in [0.3, 0.4) is 0 Å². The summed E-state index contributed by atoms with van der Waals surface area (Å²) in [5.41, 5.74) is 2.37. The van der Waals surface area contributed by atoms with E-state index in [1.165, 1.54) is 12.1 Å². The normalized spacial score (nSPS) is 10.2. The second-order valence-electron chi connectivity index (χ2n) is 5.34. The van der Waals surface area contributed by atoms with Gasteiger partial charge < -0.3 is 5.32 Å². The van der Waals surface area contributed by atoms with Crippen molar-refractivity contribution in [2.75, 3.05) is 10.2 Å². The minimum Gasteiger partial charge on any atom is -0.308 e. The monoisotopic (exact) mass is 320 g/mol. The second-order valence-corrected chi connectivity index (χ2v) is 5.34. The highest BCUT2D eigenvalue weighted by atomic mass is 19.1. The molecule has 0 radical (unpaired) electrons. The molecular formula is C20H17FN2O. The third-order valence-corrected chi connectivity index (χ3v) is 3.59. The summed E-state index contributed by atoms with van der Waals surface area (Å²) in [5.74, 6) is -0.336. The summed E-state index contributed by atoms with van der Waals surface area (Å²) in [6.45, 7) is 0.442. The summed E-state index contributed by atoms with van der Waals surface area (Å²) in [4.78, 5) is 14.4. The van der Waals surface area contributed by atoms with E-state index in [-0.39, 0.29) is 11.8 Å². The van der Waals surface area contributed by atoms with Crippen molar-refractivity contribution < 1.29 is 9.18 Å². The zero-order valence-electron chi connectivity index (χ0n) is 13.0. The smallest absolute Gasteiger partial charge is 0.308 e. The van der Waals surface area contributed by atoms with Crippen molar-refractivity contribution in [3.05, 3.63) is 96.3 Å². The highest BCUT2D eigenvalue weighted by Crippen LogP contribution is 2.19. The largest absolute Gasteiger partial charge is 0.326 e. The molecule has 4 heteroatoms. The lowest BCUT2D eigenvalue weighted by atomic mass is 10.2. The number of para-hydroxylation sites is 1. The van der Waals surface area contributed by atoms with Crippen molar-refractivity contribution in [2.24, 2.45) is 0 Å². The fourth-order valence-corrected chi connectivity index (χ4v) is 2.38. The summed E-state index contributed by atoms with van der Waals surface area (Å²) in [6, 6.07) is 24.7. The van der Waals surface area contributed by atoms with Gasteiger partial charge in [0.05, 0.1) is 6.54 Å². The first-order valence-corrected chi connectivity index (χ1v) is 7.65. The number of halogens is 1. The van der Waals surface area contributed by atoms with Crippen LogP contribution < -0.4 is 10.2 Å². The molecule has 3 aromatic rings. The lowest BCUT2D eigenvalue weighted by Gasteiger charge is -2.23. The number of amides is 2. The van der Waals surface area contributed by atoms with Gasteiger partial charge in [0.15, 0.2) is 0 Å². The van der Waals surface area contributed by atoms with Gasteiger partial charge in [-0.2, -0.15) is 0 Å². The summed E-state index contributed by atoms with van der Waals surface area (Å²) < 4.78 is 13.0. The van der Waals surface area contributed by atoms with Crippen molar-refractivity contribution >= 4 is 17.4 Å². The lowest BCUT2D eigenvalue weighted by Crippen LogP contribution is -2.34. The minimum atomic E-state index is -0.336. The van der Waals surface area contributed by atoms with E-state index < -0.39 is 0 Å². The molecule has 0 saturated carbocycles. The fraction of sp³-hybridized carbons (Fsp3) is 0.0500. The van der Waals surface area contributed by atoms with E-state index in [9.17, 15) is 9.18 Å². The highest BCUT2D eigenvalue weighted by Gasteiger charge is 2.16. The van der Waals surface area contributed by atoms with Gasteiger partial charge in [0, 0.05) is 11.4 Å². The van der Waals surface area contributed by atoms with Crippen molar-refractivity contribution in [1.82, 2.24) is 0 Å². The molecule has 0 unspecified atom stereocenters. The predicted molar refractivity (Wildman–Crippen MR) is 94.5 cm³/mol. The number of benzene rings is 3. The van der Waals surface area contributed by atoms with Crippen molar-refractivity contribution in [3.8, 4) is 0 Å². The highest BCUT2D eigenvalue weighted by molar-refractivity contribution is 6.01. The predicted octanol–water partition coefficient (Wildman–Crippen LogP) is 5.06. The first-order valence-electron chi connectivity index (χ1n) is 7.65. The van der Waals surface area contributed by atoms with Crippen LogP contribution in [0.5, 0.6) is 0 Å². The Labute approximate surface area is 140 Å². The number of anilines is 2. The van der Waals surface area contributed by atoms with Gasteiger partial charge in [0.2, 0.25) is 0 Å². The number of carbonyl (C=O) groups excluding carboxylic acids is 1. The van der Waals surface area contributed by atoms with Crippen molar-refractivity contribution in [1.29, 1.82) is 0 Å². The average Bonchev–Trinajstić information content (AvgIpc) is 2.63. The van der Waals surface area contributed by atoms with E-state index >= 15 is 0 Å². The summed E-state index contributed by atoms with van der Waals surface area (Å²) in [7, 11) is 0. The van der Waals surface area contributed by atoms with E-state index in [0.29, 0.717) is 12.2 Å². The molecule has 24 heavy (non-hydrogen) atoms. The second kappa shape index (κ2) is 7.42. The Balaban J connectivity index is 1.83. The third-order valence-electron chi connectivity index (χ3n) is 3.59. The SMILES string of the molecule is O=C(Nc1ccc(F)cc1)N(Cc1ccccc1)c1ccccc1. The zero-order valence-corrected chi connectivity index (χ0v) is 13.0. The Morgan fingerprint density at radius 2 is 1.42 bits per heavy atom. The average molecular weight is 320 g/mol. The zero-order chi connectivity index (χ0) is 16.8. The van der Waals surface area contributed by atoms with Crippen molar-refractivity contribution in [2.45, 2.75) is 6.54 Å². The number of hydrogen-bond donors (Lipinski definition) is 1. The van der Waals surface area contributed by atoms with E-state index in [2.05, 4.69) is 5.32 Å². The molecule has 0 fully saturated rings. The van der Waals surface area contributed by atoms with Crippen LogP contribution in [0, 0.1) is 5.82 Å². The number of hydrogen-bond acceptors (Lipinski definition) is 1. The van der Waals surface area contributed by atoms with Crippen molar-refractivity contribution in [3.63, 3.8) is 0 Å². The first-order chi connectivity index (χ1) is 11.7. The Kier molecular flexibility index (Phi) is 4.87. The van der Waals surface area contributed by atoms with Gasteiger partial charge in [-0.15, -0.1) is 0 Å². The maximum atomic E-state index is 13.0. The number of nitrogens with zero attached hydrogens (tertiary/aromatic N) is 1. The molecule has 3 rings (SSSR count). The van der Waals surface area contributed by atoms with Crippen LogP contribution in [0.2, 0.25) is 0 Å². The number of urea groups is 1. The van der Waals surface area contributed by atoms with Crippen LogP contribution in [-0.4, -0.2) is 6.03 Å². The van der Waals surface area contributed by atoms with E-state index in [4.69, 9.17) is 0 Å². The van der Waals surface area contributed by atoms with Gasteiger partial charge >= 0.3 is 6.03 Å². The van der Waals surface area contributed by atoms with Gasteiger partial charge in [0.1, 0.15) is 5.82 Å². The van der Waals surface area contributed by atoms with Crippen LogP contribution >= 0.6 is 0 Å². The quantitative estimate of drug-likeness (QED) is 0.715. The van der Waals surface area contributed by atoms with Gasteiger partial charge in [0.25, 0.3) is 0 Å². The molecule has 3 nitrogen and oxygen atoms in total. The molecule has 0 spiro atoms. The molecule has 1 N–H and O–H groups in total. The molecule has 120 valence electrons. The van der Waals surface area contributed by atoms with E-state index in [0.717, 1.165) is 11.3 Å². The molecule has 0 aliphatic carbocycles. The standard InChI is InChI=1S/C20H17FN2O/c21-17-11-13-18(14-12-17)22-20(24)23(19-9-5-2-6-10-19)15-16-7-3-1-4-8-16/h1-14H,15H2,(H,22,24). The molecule has 3 aromatic carbocycles. The van der Waals surface area contributed by atoms with Crippen LogP contribution in [-0.2, 0) is 6.54 Å². The molecular weight excluding hydrogens is 303 g/mol. The summed E-state index contributed by atoms with van der Waals surface area (Å²) >= 11 is 0. The Morgan fingerprint density at radius 1 is 0.833 bits per heavy atom. The van der Waals surface area contributed by atoms with Gasteiger partial charge in [-0.3, -0.25) is 4.90 Å². The maximum Gasteiger partial charge on any atom is 0.326 e. The maximum absolute atomic E-state index is 13.0. The molecule has 0 atom stereocenters. The molecule has 0 aliphatic heterocycles. The van der Waals surface area contributed by atoms with Gasteiger partial charge in [-0.05, 0) is 42.0 Å². The molecule has 0 heterocycles. The number of carbonyl (C=O) groups is 1. The van der Waals surface area contributed by atoms with Crippen LogP contribution in [0.1, 0.15) is 5.56 Å². The fourth-order valence-electron chi connectivity index (χ4n) is 2.38. The molecule has 0 aromatic heterocycles. The van der Waals surface area contributed by atoms with E-state index in [1.54, 1.807) is 17.0 Å². The molecule has 0 bridgehead atoms. The van der Waals surface area contributed by atoms with Gasteiger partial charge in [-0.1, -0.05) is 48.5 Å². The lowest BCUT2D eigenvalue weighted by molar-refractivity contribution is 0.256. The van der Waals surface area contributed by atoms with Crippen LogP contribution in [0.15, 0.2) is 84.9 Å². The third kappa shape index (κ3) is 3.98. The van der Waals surface area contributed by atoms with Crippen LogP contribution in [0.4, 0.5) is 20.6 Å². The number of rotatable bonds is 4. The van der Waals surface area contributed by atoms with Gasteiger partial charge in [-0.25, -0.2) is 9.18 Å². The Morgan fingerprint density at radius 3 is 2.04 bits per heavy atom. The molecule has 2 amide bonds. The topological polar surface area (TPSA) is 32.3 Å². The van der Waals surface area contributed by atoms with Crippen LogP contribution in [0.25, 0.3) is 0 Å². The summed E-state index contributed by atoms with van der Waals surface area (Å²) in [5, 5.41) is 2.81. The Hall–Kier alpha value is -3.14.